The number of benzene rings is 1. The molecule has 0 fully saturated rings. The Kier molecular flexibility index (Phi) is 3.03. The van der Waals surface area contributed by atoms with Gasteiger partial charge in [0.25, 0.3) is 5.91 Å². The van der Waals surface area contributed by atoms with E-state index in [1.807, 2.05) is 25.1 Å². The lowest BCUT2D eigenvalue weighted by Gasteiger charge is -2.03. The van der Waals surface area contributed by atoms with Crippen LogP contribution in [0.1, 0.15) is 27.3 Å². The molecule has 0 spiro atoms. The highest BCUT2D eigenvalue weighted by atomic mass is 35.5. The fraction of sp³-hybridized carbons (Fsp3) is 0.231. The second kappa shape index (κ2) is 4.34. The van der Waals surface area contributed by atoms with Crippen molar-refractivity contribution < 1.29 is 4.79 Å². The van der Waals surface area contributed by atoms with E-state index in [1.54, 1.807) is 19.9 Å². The second-order valence-corrected chi connectivity index (χ2v) is 4.45. The normalized spacial score (nSPS) is 10.6. The molecule has 0 radical (unpaired) electrons. The molecule has 1 aromatic carbocycles. The van der Waals surface area contributed by atoms with Gasteiger partial charge in [-0.05, 0) is 32.9 Å². The summed E-state index contributed by atoms with van der Waals surface area (Å²) in [6, 6.07) is 7.42. The highest BCUT2D eigenvalue weighted by molar-refractivity contribution is 6.32. The van der Waals surface area contributed by atoms with Gasteiger partial charge in [0.15, 0.2) is 0 Å². The molecule has 0 aliphatic carbocycles. The maximum absolute atomic E-state index is 12.2. The third-order valence-electron chi connectivity index (χ3n) is 2.66. The Hall–Kier alpha value is -1.61. The molecule has 0 unspecified atom stereocenters. The summed E-state index contributed by atoms with van der Waals surface area (Å²) in [5, 5.41) is 4.70. The van der Waals surface area contributed by atoms with Crippen LogP contribution in [0.15, 0.2) is 24.3 Å². The van der Waals surface area contributed by atoms with Crippen LogP contribution in [-0.2, 0) is 0 Å². The molecule has 17 heavy (non-hydrogen) atoms. The Morgan fingerprint density at radius 1 is 1.29 bits per heavy atom. The summed E-state index contributed by atoms with van der Waals surface area (Å²) < 4.78 is 1.35. The molecule has 0 N–H and O–H groups in total. The van der Waals surface area contributed by atoms with E-state index in [9.17, 15) is 4.79 Å². The van der Waals surface area contributed by atoms with Crippen molar-refractivity contribution in [3.8, 4) is 0 Å². The van der Waals surface area contributed by atoms with E-state index in [-0.39, 0.29) is 5.91 Å². The van der Waals surface area contributed by atoms with Crippen molar-refractivity contribution in [3.63, 3.8) is 0 Å². The van der Waals surface area contributed by atoms with Crippen LogP contribution in [0, 0.1) is 20.8 Å². The number of rotatable bonds is 1. The van der Waals surface area contributed by atoms with E-state index in [1.165, 1.54) is 4.68 Å². The first-order valence-corrected chi connectivity index (χ1v) is 5.71. The van der Waals surface area contributed by atoms with Crippen LogP contribution in [-0.4, -0.2) is 15.7 Å². The number of carbonyl (C=O) groups is 1. The number of nitrogens with zero attached hydrogens (tertiary/aromatic N) is 2. The Morgan fingerprint density at radius 2 is 2.00 bits per heavy atom. The smallest absolute Gasteiger partial charge is 0.267 e. The zero-order chi connectivity index (χ0) is 12.6. The lowest BCUT2D eigenvalue weighted by atomic mass is 10.1. The van der Waals surface area contributed by atoms with Crippen molar-refractivity contribution in [1.82, 2.24) is 9.78 Å². The van der Waals surface area contributed by atoms with Crippen LogP contribution < -0.4 is 0 Å². The molecule has 1 aromatic heterocycles. The standard InChI is InChI=1S/C13H13ClN2O/c1-8-5-4-6-11(7-8)13(17)16-10(3)12(14)9(2)15-16/h4-7H,1-3H3. The van der Waals surface area contributed by atoms with Gasteiger partial charge in [-0.1, -0.05) is 29.3 Å². The van der Waals surface area contributed by atoms with Crippen molar-refractivity contribution in [2.75, 3.05) is 0 Å². The predicted octanol–water partition coefficient (Wildman–Crippen LogP) is 3.15. The van der Waals surface area contributed by atoms with Gasteiger partial charge < -0.3 is 0 Å². The minimum absolute atomic E-state index is 0.152. The first-order chi connectivity index (χ1) is 8.00. The third kappa shape index (κ3) is 2.11. The van der Waals surface area contributed by atoms with E-state index in [0.717, 1.165) is 5.56 Å². The Bertz CT molecular complexity index is 587. The number of aryl methyl sites for hydroxylation is 2. The maximum Gasteiger partial charge on any atom is 0.278 e. The lowest BCUT2D eigenvalue weighted by molar-refractivity contribution is 0.0942. The molecule has 88 valence electrons. The van der Waals surface area contributed by atoms with E-state index in [0.29, 0.717) is 22.0 Å². The fourth-order valence-electron chi connectivity index (χ4n) is 1.72. The fourth-order valence-corrected chi connectivity index (χ4v) is 1.84. The topological polar surface area (TPSA) is 34.9 Å². The SMILES string of the molecule is Cc1cccc(C(=O)n2nc(C)c(Cl)c2C)c1. The van der Waals surface area contributed by atoms with Crippen LogP contribution in [0.5, 0.6) is 0 Å². The van der Waals surface area contributed by atoms with Crippen LogP contribution in [0.3, 0.4) is 0 Å². The van der Waals surface area contributed by atoms with Crippen LogP contribution in [0.2, 0.25) is 5.02 Å². The average Bonchev–Trinajstić information content (AvgIpc) is 2.56. The van der Waals surface area contributed by atoms with Gasteiger partial charge in [-0.2, -0.15) is 9.78 Å². The van der Waals surface area contributed by atoms with Gasteiger partial charge >= 0.3 is 0 Å². The minimum atomic E-state index is -0.152. The largest absolute Gasteiger partial charge is 0.278 e. The number of aromatic nitrogens is 2. The molecule has 1 heterocycles. The van der Waals surface area contributed by atoms with Crippen LogP contribution in [0.25, 0.3) is 0 Å². The van der Waals surface area contributed by atoms with Gasteiger partial charge in [-0.25, -0.2) is 0 Å². The second-order valence-electron chi connectivity index (χ2n) is 4.07. The van der Waals surface area contributed by atoms with Gasteiger partial charge in [0.1, 0.15) is 0 Å². The summed E-state index contributed by atoms with van der Waals surface area (Å²) in [5.74, 6) is -0.152. The number of carbonyl (C=O) groups excluding carboxylic acids is 1. The number of halogens is 1. The molecule has 0 atom stereocenters. The van der Waals surface area contributed by atoms with Gasteiger partial charge in [0, 0.05) is 5.56 Å². The number of hydrogen-bond donors (Lipinski definition) is 0. The number of hydrogen-bond acceptors (Lipinski definition) is 2. The summed E-state index contributed by atoms with van der Waals surface area (Å²) >= 11 is 6.03. The highest BCUT2D eigenvalue weighted by Crippen LogP contribution is 2.20. The molecule has 0 aliphatic rings. The summed E-state index contributed by atoms with van der Waals surface area (Å²) in [4.78, 5) is 12.2. The molecule has 0 bridgehead atoms. The predicted molar refractivity (Wildman–Crippen MR) is 67.6 cm³/mol. The maximum atomic E-state index is 12.2. The Morgan fingerprint density at radius 3 is 2.53 bits per heavy atom. The molecule has 0 amide bonds. The van der Waals surface area contributed by atoms with Crippen molar-refractivity contribution in [2.45, 2.75) is 20.8 Å². The van der Waals surface area contributed by atoms with Crippen LogP contribution in [0.4, 0.5) is 0 Å². The zero-order valence-corrected chi connectivity index (χ0v) is 10.7. The monoisotopic (exact) mass is 248 g/mol. The van der Waals surface area contributed by atoms with Gasteiger partial charge in [-0.3, -0.25) is 4.79 Å². The molecule has 0 saturated carbocycles. The van der Waals surface area contributed by atoms with Crippen molar-refractivity contribution in [3.05, 3.63) is 51.8 Å². The average molecular weight is 249 g/mol. The first-order valence-electron chi connectivity index (χ1n) is 5.34. The molecule has 2 aromatic rings. The highest BCUT2D eigenvalue weighted by Gasteiger charge is 2.16. The van der Waals surface area contributed by atoms with E-state index < -0.39 is 0 Å². The Labute approximate surface area is 105 Å². The van der Waals surface area contributed by atoms with Crippen LogP contribution >= 0.6 is 11.6 Å². The molecule has 2 rings (SSSR count). The minimum Gasteiger partial charge on any atom is -0.267 e. The first kappa shape index (κ1) is 11.9. The summed E-state index contributed by atoms with van der Waals surface area (Å²) in [7, 11) is 0. The van der Waals surface area contributed by atoms with E-state index in [4.69, 9.17) is 11.6 Å². The molecule has 4 heteroatoms. The molecule has 3 nitrogen and oxygen atoms in total. The van der Waals surface area contributed by atoms with Gasteiger partial charge in [0.2, 0.25) is 0 Å². The Balaban J connectivity index is 2.47. The summed E-state index contributed by atoms with van der Waals surface area (Å²) in [6.07, 6.45) is 0. The van der Waals surface area contributed by atoms with Gasteiger partial charge in [-0.15, -0.1) is 0 Å². The quantitative estimate of drug-likeness (QED) is 0.777. The third-order valence-corrected chi connectivity index (χ3v) is 3.21. The van der Waals surface area contributed by atoms with Crippen molar-refractivity contribution >= 4 is 17.5 Å². The molecule has 0 aliphatic heterocycles. The van der Waals surface area contributed by atoms with Gasteiger partial charge in [0.05, 0.1) is 16.4 Å². The van der Waals surface area contributed by atoms with E-state index in [2.05, 4.69) is 5.10 Å². The van der Waals surface area contributed by atoms with Crippen molar-refractivity contribution in [2.24, 2.45) is 0 Å². The lowest BCUT2D eigenvalue weighted by Crippen LogP contribution is -2.15. The van der Waals surface area contributed by atoms with E-state index >= 15 is 0 Å². The molecular formula is C13H13ClN2O. The summed E-state index contributed by atoms with van der Waals surface area (Å²) in [6.45, 7) is 5.52. The summed E-state index contributed by atoms with van der Waals surface area (Å²) in [5.41, 5.74) is 3.01. The zero-order valence-electron chi connectivity index (χ0n) is 9.99. The van der Waals surface area contributed by atoms with Crippen molar-refractivity contribution in [1.29, 1.82) is 0 Å². The molecule has 0 saturated heterocycles. The molecular weight excluding hydrogens is 236 g/mol.